The van der Waals surface area contributed by atoms with E-state index in [0.29, 0.717) is 5.69 Å². The third-order valence-electron chi connectivity index (χ3n) is 2.72. The summed E-state index contributed by atoms with van der Waals surface area (Å²) in [6, 6.07) is 6.36. The van der Waals surface area contributed by atoms with Gasteiger partial charge in [0.15, 0.2) is 0 Å². The van der Waals surface area contributed by atoms with Crippen molar-refractivity contribution in [3.63, 3.8) is 0 Å². The second-order valence-electron chi connectivity index (χ2n) is 4.09. The fraction of sp³-hybridized carbons (Fsp3) is 0.231. The van der Waals surface area contributed by atoms with Gasteiger partial charge in [-0.05, 0) is 19.1 Å². The smallest absolute Gasteiger partial charge is 0.143 e. The summed E-state index contributed by atoms with van der Waals surface area (Å²) in [5.41, 5.74) is 1.51. The van der Waals surface area contributed by atoms with Gasteiger partial charge >= 0.3 is 0 Å². The molecule has 2 aromatic rings. The molecule has 0 aliphatic rings. The fourth-order valence-corrected chi connectivity index (χ4v) is 1.74. The molecule has 0 radical (unpaired) electrons. The van der Waals surface area contributed by atoms with Crippen molar-refractivity contribution in [1.82, 2.24) is 9.78 Å². The standard InChI is InChI=1S/C13H13FN4/c1-9(10-7-16-18(2)8-10)17-13-5-3-4-12(14)11(13)6-15/h3-5,7-9,17H,1-2H3. The van der Waals surface area contributed by atoms with E-state index < -0.39 is 5.82 Å². The van der Waals surface area contributed by atoms with E-state index in [-0.39, 0.29) is 11.6 Å². The molecular weight excluding hydrogens is 231 g/mol. The highest BCUT2D eigenvalue weighted by atomic mass is 19.1. The first-order chi connectivity index (χ1) is 8.61. The molecule has 92 valence electrons. The van der Waals surface area contributed by atoms with E-state index in [4.69, 9.17) is 5.26 Å². The van der Waals surface area contributed by atoms with Crippen LogP contribution >= 0.6 is 0 Å². The predicted octanol–water partition coefficient (Wildman–Crippen LogP) is 2.60. The summed E-state index contributed by atoms with van der Waals surface area (Å²) >= 11 is 0. The van der Waals surface area contributed by atoms with Crippen LogP contribution < -0.4 is 5.32 Å². The van der Waals surface area contributed by atoms with Gasteiger partial charge in [-0.2, -0.15) is 10.4 Å². The van der Waals surface area contributed by atoms with Gasteiger partial charge in [-0.3, -0.25) is 4.68 Å². The minimum Gasteiger partial charge on any atom is -0.377 e. The van der Waals surface area contributed by atoms with Gasteiger partial charge in [0.25, 0.3) is 0 Å². The summed E-state index contributed by atoms with van der Waals surface area (Å²) < 4.78 is 15.1. The first-order valence-electron chi connectivity index (χ1n) is 5.55. The van der Waals surface area contributed by atoms with Gasteiger partial charge in [0.05, 0.1) is 17.9 Å². The number of halogens is 1. The van der Waals surface area contributed by atoms with Crippen molar-refractivity contribution in [3.05, 3.63) is 47.5 Å². The van der Waals surface area contributed by atoms with Gasteiger partial charge in [-0.1, -0.05) is 6.07 Å². The van der Waals surface area contributed by atoms with Crippen LogP contribution in [0.3, 0.4) is 0 Å². The van der Waals surface area contributed by atoms with Gasteiger partial charge in [0, 0.05) is 18.8 Å². The lowest BCUT2D eigenvalue weighted by molar-refractivity contribution is 0.624. The van der Waals surface area contributed by atoms with Crippen molar-refractivity contribution >= 4 is 5.69 Å². The highest BCUT2D eigenvalue weighted by Crippen LogP contribution is 2.23. The molecule has 1 unspecified atom stereocenters. The molecule has 0 aliphatic carbocycles. The lowest BCUT2D eigenvalue weighted by Gasteiger charge is -2.14. The van der Waals surface area contributed by atoms with Crippen LogP contribution in [0.1, 0.15) is 24.1 Å². The quantitative estimate of drug-likeness (QED) is 0.902. The Kier molecular flexibility index (Phi) is 3.28. The molecule has 0 bridgehead atoms. The Morgan fingerprint density at radius 2 is 2.28 bits per heavy atom. The van der Waals surface area contributed by atoms with Crippen LogP contribution in [0.2, 0.25) is 0 Å². The molecule has 0 amide bonds. The highest BCUT2D eigenvalue weighted by Gasteiger charge is 2.12. The maximum absolute atomic E-state index is 13.4. The second kappa shape index (κ2) is 4.88. The van der Waals surface area contributed by atoms with Crippen LogP contribution in [-0.4, -0.2) is 9.78 Å². The van der Waals surface area contributed by atoms with E-state index >= 15 is 0 Å². The average Bonchev–Trinajstić information content (AvgIpc) is 2.76. The molecular formula is C13H13FN4. The Hall–Kier alpha value is -2.35. The summed E-state index contributed by atoms with van der Waals surface area (Å²) in [7, 11) is 1.83. The van der Waals surface area contributed by atoms with E-state index in [9.17, 15) is 4.39 Å². The lowest BCUT2D eigenvalue weighted by Crippen LogP contribution is -2.07. The minimum absolute atomic E-state index is 0.0354. The van der Waals surface area contributed by atoms with Crippen LogP contribution in [0.25, 0.3) is 0 Å². The summed E-state index contributed by atoms with van der Waals surface area (Å²) in [6.07, 6.45) is 3.62. The van der Waals surface area contributed by atoms with Crippen molar-refractivity contribution in [1.29, 1.82) is 5.26 Å². The van der Waals surface area contributed by atoms with E-state index in [1.54, 1.807) is 23.0 Å². The van der Waals surface area contributed by atoms with Crippen LogP contribution in [-0.2, 0) is 7.05 Å². The van der Waals surface area contributed by atoms with Gasteiger partial charge in [0.2, 0.25) is 0 Å². The molecule has 0 aliphatic heterocycles. The summed E-state index contributed by atoms with van der Waals surface area (Å²) in [5.74, 6) is -0.513. The summed E-state index contributed by atoms with van der Waals surface area (Å²) in [6.45, 7) is 1.93. The van der Waals surface area contributed by atoms with Gasteiger partial charge in [-0.25, -0.2) is 4.39 Å². The summed E-state index contributed by atoms with van der Waals surface area (Å²) in [4.78, 5) is 0. The molecule has 0 saturated heterocycles. The molecule has 1 N–H and O–H groups in total. The normalized spacial score (nSPS) is 11.9. The lowest BCUT2D eigenvalue weighted by atomic mass is 10.1. The van der Waals surface area contributed by atoms with E-state index in [1.165, 1.54) is 6.07 Å². The minimum atomic E-state index is -0.513. The number of benzene rings is 1. The van der Waals surface area contributed by atoms with Crippen LogP contribution in [0.4, 0.5) is 10.1 Å². The van der Waals surface area contributed by atoms with Crippen LogP contribution in [0.15, 0.2) is 30.6 Å². The number of hydrogen-bond acceptors (Lipinski definition) is 3. The maximum atomic E-state index is 13.4. The molecule has 4 nitrogen and oxygen atoms in total. The number of anilines is 1. The van der Waals surface area contributed by atoms with Gasteiger partial charge in [-0.15, -0.1) is 0 Å². The van der Waals surface area contributed by atoms with E-state index in [0.717, 1.165) is 5.56 Å². The first kappa shape index (κ1) is 12.1. The Labute approximate surface area is 105 Å². The van der Waals surface area contributed by atoms with Crippen molar-refractivity contribution in [3.8, 4) is 6.07 Å². The topological polar surface area (TPSA) is 53.6 Å². The molecule has 1 aromatic heterocycles. The Morgan fingerprint density at radius 3 is 2.89 bits per heavy atom. The third-order valence-corrected chi connectivity index (χ3v) is 2.72. The molecule has 0 saturated carbocycles. The number of aryl methyl sites for hydroxylation is 1. The highest BCUT2D eigenvalue weighted by molar-refractivity contribution is 5.58. The van der Waals surface area contributed by atoms with E-state index in [2.05, 4.69) is 10.4 Å². The zero-order valence-corrected chi connectivity index (χ0v) is 10.2. The maximum Gasteiger partial charge on any atom is 0.143 e. The number of aromatic nitrogens is 2. The number of nitrogens with one attached hydrogen (secondary N) is 1. The Balaban J connectivity index is 2.25. The number of nitrogens with zero attached hydrogens (tertiary/aromatic N) is 3. The molecule has 18 heavy (non-hydrogen) atoms. The molecule has 1 atom stereocenters. The number of nitriles is 1. The average molecular weight is 244 g/mol. The molecule has 0 spiro atoms. The zero-order chi connectivity index (χ0) is 13.1. The fourth-order valence-electron chi connectivity index (χ4n) is 1.74. The summed E-state index contributed by atoms with van der Waals surface area (Å²) in [5, 5.41) is 16.1. The molecule has 0 fully saturated rings. The van der Waals surface area contributed by atoms with Crippen LogP contribution in [0.5, 0.6) is 0 Å². The Bertz CT molecular complexity index is 597. The Morgan fingerprint density at radius 1 is 1.50 bits per heavy atom. The molecule has 1 heterocycles. The zero-order valence-electron chi connectivity index (χ0n) is 10.2. The van der Waals surface area contributed by atoms with Crippen molar-refractivity contribution in [2.75, 3.05) is 5.32 Å². The predicted molar refractivity (Wildman–Crippen MR) is 66.4 cm³/mol. The van der Waals surface area contributed by atoms with E-state index in [1.807, 2.05) is 26.2 Å². The first-order valence-corrected chi connectivity index (χ1v) is 5.55. The molecule has 1 aromatic carbocycles. The van der Waals surface area contributed by atoms with Crippen molar-refractivity contribution in [2.45, 2.75) is 13.0 Å². The van der Waals surface area contributed by atoms with Crippen molar-refractivity contribution in [2.24, 2.45) is 7.05 Å². The largest absolute Gasteiger partial charge is 0.377 e. The van der Waals surface area contributed by atoms with Gasteiger partial charge < -0.3 is 5.32 Å². The number of rotatable bonds is 3. The third kappa shape index (κ3) is 2.33. The second-order valence-corrected chi connectivity index (χ2v) is 4.09. The van der Waals surface area contributed by atoms with Crippen molar-refractivity contribution < 1.29 is 4.39 Å². The monoisotopic (exact) mass is 244 g/mol. The molecule has 5 heteroatoms. The molecule has 2 rings (SSSR count). The number of hydrogen-bond donors (Lipinski definition) is 1. The SMILES string of the molecule is CC(Nc1cccc(F)c1C#N)c1cnn(C)c1. The van der Waals surface area contributed by atoms with Crippen LogP contribution in [0, 0.1) is 17.1 Å². The van der Waals surface area contributed by atoms with Gasteiger partial charge in [0.1, 0.15) is 17.4 Å².